The molecule has 0 saturated carbocycles. The summed E-state index contributed by atoms with van der Waals surface area (Å²) < 4.78 is 21.2. The molecule has 1 heterocycles. The fourth-order valence-electron chi connectivity index (χ4n) is 4.14. The molecule has 5 heteroatoms. The molecule has 1 saturated heterocycles. The van der Waals surface area contributed by atoms with Crippen LogP contribution in [0.25, 0.3) is 5.57 Å². The van der Waals surface area contributed by atoms with E-state index in [1.54, 1.807) is 6.07 Å². The van der Waals surface area contributed by atoms with E-state index in [4.69, 9.17) is 4.74 Å². The molecule has 0 radical (unpaired) electrons. The molecule has 0 aromatic heterocycles. The predicted octanol–water partition coefficient (Wildman–Crippen LogP) is 4.14. The second kappa shape index (κ2) is 9.99. The Kier molecular flexibility index (Phi) is 7.40. The van der Waals surface area contributed by atoms with E-state index in [9.17, 15) is 9.18 Å². The maximum Gasteiger partial charge on any atom is 0.216 e. The van der Waals surface area contributed by atoms with Crippen LogP contribution < -0.4 is 10.6 Å². The van der Waals surface area contributed by atoms with Gasteiger partial charge in [-0.1, -0.05) is 29.9 Å². The number of hydrogen-bond acceptors (Lipinski definition) is 3. The summed E-state index contributed by atoms with van der Waals surface area (Å²) >= 11 is 0. The molecule has 0 unspecified atom stereocenters. The Bertz CT molecular complexity index is 751. The summed E-state index contributed by atoms with van der Waals surface area (Å²) in [5.41, 5.74) is 3.80. The average molecular weight is 387 g/mol. The van der Waals surface area contributed by atoms with Crippen LogP contribution in [0.2, 0.25) is 0 Å². The van der Waals surface area contributed by atoms with Crippen molar-refractivity contribution >= 4 is 11.5 Å². The number of hydrogen-bond donors (Lipinski definition) is 2. The highest BCUT2D eigenvalue weighted by Gasteiger charge is 2.29. The summed E-state index contributed by atoms with van der Waals surface area (Å²) in [6.07, 6.45) is 8.11. The smallest absolute Gasteiger partial charge is 0.216 e. The fourth-order valence-corrected chi connectivity index (χ4v) is 4.14. The molecule has 2 atom stereocenters. The maximum atomic E-state index is 15.0. The molecule has 2 aliphatic rings. The van der Waals surface area contributed by atoms with Gasteiger partial charge < -0.3 is 15.4 Å². The van der Waals surface area contributed by atoms with Crippen LogP contribution in [0.4, 0.5) is 4.39 Å². The highest BCUT2D eigenvalue weighted by molar-refractivity contribution is 5.78. The van der Waals surface area contributed by atoms with Gasteiger partial charge in [-0.2, -0.15) is 0 Å². The SMILES string of the molecule is CC(=O)NCCO[C@@H](c1cccc(F)c1C1=CCCC(C)=C1)[C@@H]1CCCNC1. The zero-order chi connectivity index (χ0) is 19.9. The van der Waals surface area contributed by atoms with E-state index in [0.717, 1.165) is 49.9 Å². The van der Waals surface area contributed by atoms with Crippen LogP contribution in [0, 0.1) is 11.7 Å². The normalized spacial score (nSPS) is 20.9. The Labute approximate surface area is 167 Å². The van der Waals surface area contributed by atoms with Crippen molar-refractivity contribution in [2.24, 2.45) is 5.92 Å². The first kappa shape index (κ1) is 20.7. The Morgan fingerprint density at radius 2 is 2.29 bits per heavy atom. The number of amides is 1. The van der Waals surface area contributed by atoms with E-state index < -0.39 is 0 Å². The molecule has 1 aliphatic heterocycles. The van der Waals surface area contributed by atoms with Crippen molar-refractivity contribution < 1.29 is 13.9 Å². The molecule has 1 fully saturated rings. The summed E-state index contributed by atoms with van der Waals surface area (Å²) in [5, 5.41) is 6.22. The molecule has 0 spiro atoms. The van der Waals surface area contributed by atoms with Crippen molar-refractivity contribution in [3.8, 4) is 0 Å². The Morgan fingerprint density at radius 1 is 1.43 bits per heavy atom. The zero-order valence-corrected chi connectivity index (χ0v) is 16.9. The number of nitrogens with one attached hydrogen (secondary N) is 2. The van der Waals surface area contributed by atoms with Crippen LogP contribution in [-0.2, 0) is 9.53 Å². The van der Waals surface area contributed by atoms with Crippen LogP contribution in [0.1, 0.15) is 56.8 Å². The van der Waals surface area contributed by atoms with Crippen molar-refractivity contribution in [1.29, 1.82) is 0 Å². The molecular formula is C23H31FN2O2. The third-order valence-corrected chi connectivity index (χ3v) is 5.48. The number of benzene rings is 1. The number of piperidine rings is 1. The van der Waals surface area contributed by atoms with Crippen molar-refractivity contribution in [2.75, 3.05) is 26.2 Å². The van der Waals surface area contributed by atoms with Crippen LogP contribution in [-0.4, -0.2) is 32.1 Å². The summed E-state index contributed by atoms with van der Waals surface area (Å²) in [6.45, 7) is 6.33. The van der Waals surface area contributed by atoms with Gasteiger partial charge in [0.2, 0.25) is 5.91 Å². The lowest BCUT2D eigenvalue weighted by atomic mass is 9.84. The minimum absolute atomic E-state index is 0.0705. The summed E-state index contributed by atoms with van der Waals surface area (Å²) in [4.78, 5) is 11.2. The molecule has 3 rings (SSSR count). The fraction of sp³-hybridized carbons (Fsp3) is 0.522. The second-order valence-corrected chi connectivity index (χ2v) is 7.77. The van der Waals surface area contributed by atoms with Gasteiger partial charge in [0, 0.05) is 31.5 Å². The second-order valence-electron chi connectivity index (χ2n) is 7.77. The molecule has 1 aromatic carbocycles. The largest absolute Gasteiger partial charge is 0.371 e. The van der Waals surface area contributed by atoms with E-state index in [1.807, 2.05) is 6.07 Å². The number of carbonyl (C=O) groups is 1. The highest BCUT2D eigenvalue weighted by Crippen LogP contribution is 2.38. The standard InChI is InChI=1S/C23H31FN2O2/c1-16-6-3-7-18(14-16)22-20(9-4-10-21(22)24)23(19-8-5-11-25-15-19)28-13-12-26-17(2)27/h4,7,9-10,14,19,23,25H,3,5-6,8,11-13,15H2,1-2H3,(H,26,27)/t19-,23-/m1/s1. The van der Waals surface area contributed by atoms with E-state index in [2.05, 4.69) is 29.7 Å². The minimum atomic E-state index is -0.205. The van der Waals surface area contributed by atoms with Gasteiger partial charge in [0.05, 0.1) is 12.7 Å². The lowest BCUT2D eigenvalue weighted by molar-refractivity contribution is -0.119. The number of carbonyl (C=O) groups excluding carboxylic acids is 1. The van der Waals surface area contributed by atoms with Crippen LogP contribution >= 0.6 is 0 Å². The molecule has 1 aromatic rings. The summed E-state index contributed by atoms with van der Waals surface area (Å²) in [6, 6.07) is 5.30. The molecule has 1 amide bonds. The number of rotatable bonds is 7. The van der Waals surface area contributed by atoms with E-state index in [-0.39, 0.29) is 23.7 Å². The monoisotopic (exact) mass is 386 g/mol. The quantitative estimate of drug-likeness (QED) is 0.693. The zero-order valence-electron chi connectivity index (χ0n) is 16.9. The van der Waals surface area contributed by atoms with Gasteiger partial charge in [0.1, 0.15) is 5.82 Å². The van der Waals surface area contributed by atoms with Crippen LogP contribution in [0.5, 0.6) is 0 Å². The molecule has 152 valence electrons. The van der Waals surface area contributed by atoms with Gasteiger partial charge in [0.15, 0.2) is 0 Å². The molecule has 28 heavy (non-hydrogen) atoms. The van der Waals surface area contributed by atoms with Gasteiger partial charge in [0.25, 0.3) is 0 Å². The number of halogens is 1. The average Bonchev–Trinajstić information content (AvgIpc) is 2.68. The first-order chi connectivity index (χ1) is 13.6. The number of ether oxygens (including phenoxy) is 1. The van der Waals surface area contributed by atoms with E-state index >= 15 is 0 Å². The maximum absolute atomic E-state index is 15.0. The molecule has 0 bridgehead atoms. The van der Waals surface area contributed by atoms with E-state index in [1.165, 1.54) is 18.6 Å². The predicted molar refractivity (Wildman–Crippen MR) is 110 cm³/mol. The Hall–Kier alpha value is -1.98. The van der Waals surface area contributed by atoms with Crippen molar-refractivity contribution in [3.63, 3.8) is 0 Å². The first-order valence-corrected chi connectivity index (χ1v) is 10.3. The van der Waals surface area contributed by atoms with Gasteiger partial charge in [-0.15, -0.1) is 0 Å². The Balaban J connectivity index is 1.91. The molecule has 2 N–H and O–H groups in total. The Morgan fingerprint density at radius 3 is 3.00 bits per heavy atom. The summed E-state index contributed by atoms with van der Waals surface area (Å²) in [5.74, 6) is 0.00808. The minimum Gasteiger partial charge on any atom is -0.371 e. The van der Waals surface area contributed by atoms with Gasteiger partial charge in [-0.05, 0) is 56.4 Å². The lowest BCUT2D eigenvalue weighted by Gasteiger charge is -2.33. The lowest BCUT2D eigenvalue weighted by Crippen LogP contribution is -2.35. The highest BCUT2D eigenvalue weighted by atomic mass is 19.1. The molecule has 4 nitrogen and oxygen atoms in total. The third kappa shape index (κ3) is 5.30. The molecular weight excluding hydrogens is 355 g/mol. The van der Waals surface area contributed by atoms with Gasteiger partial charge in [-0.3, -0.25) is 4.79 Å². The van der Waals surface area contributed by atoms with E-state index in [0.29, 0.717) is 18.7 Å². The van der Waals surface area contributed by atoms with Crippen molar-refractivity contribution in [2.45, 2.75) is 45.6 Å². The topological polar surface area (TPSA) is 50.4 Å². The van der Waals surface area contributed by atoms with Crippen LogP contribution in [0.3, 0.4) is 0 Å². The third-order valence-electron chi connectivity index (χ3n) is 5.48. The van der Waals surface area contributed by atoms with Crippen LogP contribution in [0.15, 0.2) is 35.9 Å². The summed E-state index contributed by atoms with van der Waals surface area (Å²) in [7, 11) is 0. The first-order valence-electron chi connectivity index (χ1n) is 10.3. The van der Waals surface area contributed by atoms with Gasteiger partial charge in [-0.25, -0.2) is 4.39 Å². The van der Waals surface area contributed by atoms with Crippen molar-refractivity contribution in [3.05, 3.63) is 52.9 Å². The molecule has 1 aliphatic carbocycles. The number of allylic oxidation sites excluding steroid dienone is 4. The van der Waals surface area contributed by atoms with Gasteiger partial charge >= 0.3 is 0 Å². The van der Waals surface area contributed by atoms with Crippen molar-refractivity contribution in [1.82, 2.24) is 10.6 Å².